The van der Waals surface area contributed by atoms with Gasteiger partial charge in [0.05, 0.1) is 10.6 Å². The van der Waals surface area contributed by atoms with Crippen LogP contribution in [0, 0.1) is 13.8 Å². The number of anilines is 5. The van der Waals surface area contributed by atoms with E-state index in [0.717, 1.165) is 5.56 Å². The average molecular weight is 440 g/mol. The number of nitrogens with zero attached hydrogens (tertiary/aromatic N) is 2. The van der Waals surface area contributed by atoms with Gasteiger partial charge >= 0.3 is 0 Å². The van der Waals surface area contributed by atoms with E-state index in [-0.39, 0.29) is 23.4 Å². The highest BCUT2D eigenvalue weighted by atomic mass is 32.2. The van der Waals surface area contributed by atoms with Crippen LogP contribution in [-0.4, -0.2) is 30.9 Å². The largest absolute Gasteiger partial charge is 0.482 e. The lowest BCUT2D eigenvalue weighted by atomic mass is 10.2. The predicted octanol–water partition coefficient (Wildman–Crippen LogP) is 2.56. The van der Waals surface area contributed by atoms with E-state index >= 15 is 0 Å². The normalized spacial score (nSPS) is 13.1. The second-order valence-corrected chi connectivity index (χ2v) is 8.58. The van der Waals surface area contributed by atoms with E-state index in [2.05, 4.69) is 25.9 Å². The van der Waals surface area contributed by atoms with Gasteiger partial charge in [-0.05, 0) is 49.7 Å². The van der Waals surface area contributed by atoms with E-state index < -0.39 is 10.0 Å². The van der Waals surface area contributed by atoms with E-state index in [1.807, 2.05) is 13.0 Å². The van der Waals surface area contributed by atoms with Gasteiger partial charge in [0, 0.05) is 23.1 Å². The maximum atomic E-state index is 11.8. The molecule has 0 atom stereocenters. The molecular weight excluding hydrogens is 420 g/mol. The summed E-state index contributed by atoms with van der Waals surface area (Å²) in [6.45, 7) is 3.51. The molecular formula is C20H20N6O4S. The molecule has 10 nitrogen and oxygen atoms in total. The maximum absolute atomic E-state index is 11.8. The zero-order valence-corrected chi connectivity index (χ0v) is 17.6. The fourth-order valence-corrected chi connectivity index (χ4v) is 3.85. The predicted molar refractivity (Wildman–Crippen MR) is 116 cm³/mol. The van der Waals surface area contributed by atoms with Gasteiger partial charge in [0.15, 0.2) is 6.61 Å². The number of hydrogen-bond donors (Lipinski definition) is 4. The van der Waals surface area contributed by atoms with Crippen LogP contribution in [0.1, 0.15) is 11.1 Å². The highest BCUT2D eigenvalue weighted by Gasteiger charge is 2.17. The molecule has 3 aromatic rings. The van der Waals surface area contributed by atoms with Crippen LogP contribution in [0.25, 0.3) is 0 Å². The Hall–Kier alpha value is -3.70. The Morgan fingerprint density at radius 3 is 2.58 bits per heavy atom. The van der Waals surface area contributed by atoms with Crippen molar-refractivity contribution in [3.63, 3.8) is 0 Å². The molecule has 1 aromatic heterocycles. The number of aromatic nitrogens is 2. The number of sulfonamides is 1. The number of nitrogens with one attached hydrogen (secondary N) is 3. The number of nitrogens with two attached hydrogens (primary N) is 1. The second-order valence-electron chi connectivity index (χ2n) is 7.05. The molecule has 5 N–H and O–H groups in total. The van der Waals surface area contributed by atoms with Gasteiger partial charge in [-0.25, -0.2) is 18.5 Å². The van der Waals surface area contributed by atoms with Crippen LogP contribution in [-0.2, 0) is 14.8 Å². The van der Waals surface area contributed by atoms with E-state index in [1.54, 1.807) is 37.4 Å². The molecule has 2 aromatic carbocycles. The van der Waals surface area contributed by atoms with Crippen LogP contribution in [0.15, 0.2) is 47.5 Å². The lowest BCUT2D eigenvalue weighted by Gasteiger charge is -2.19. The first-order valence-corrected chi connectivity index (χ1v) is 10.8. The third kappa shape index (κ3) is 4.57. The SMILES string of the molecule is Cc1ccc(Nc2ncc(C)c(Nc3ccc4c(c3)NC(=O)CO4)n2)cc1S(N)(=O)=O. The molecule has 0 radical (unpaired) electrons. The first-order valence-electron chi connectivity index (χ1n) is 9.27. The molecule has 0 unspecified atom stereocenters. The Labute approximate surface area is 178 Å². The van der Waals surface area contributed by atoms with E-state index in [9.17, 15) is 13.2 Å². The van der Waals surface area contributed by atoms with Crippen molar-refractivity contribution in [2.75, 3.05) is 22.6 Å². The standard InChI is InChI=1S/C20H20N6O4S/c1-11-3-4-14(8-17(11)31(21,28)29)24-20-22-9-12(2)19(26-20)23-13-5-6-16-15(7-13)25-18(27)10-30-16/h3-9H,10H2,1-2H3,(H,25,27)(H2,21,28,29)(H2,22,23,24,26). The molecule has 1 aliphatic rings. The number of carbonyl (C=O) groups is 1. The number of hydrogen-bond acceptors (Lipinski definition) is 8. The van der Waals surface area contributed by atoms with Crippen molar-refractivity contribution >= 4 is 44.8 Å². The van der Waals surface area contributed by atoms with Crippen LogP contribution in [0.2, 0.25) is 0 Å². The molecule has 0 bridgehead atoms. The van der Waals surface area contributed by atoms with Crippen molar-refractivity contribution < 1.29 is 17.9 Å². The molecule has 31 heavy (non-hydrogen) atoms. The zero-order valence-electron chi connectivity index (χ0n) is 16.8. The summed E-state index contributed by atoms with van der Waals surface area (Å²) in [7, 11) is -3.85. The number of aryl methyl sites for hydroxylation is 2. The van der Waals surface area contributed by atoms with Crippen molar-refractivity contribution in [3.05, 3.63) is 53.7 Å². The highest BCUT2D eigenvalue weighted by Crippen LogP contribution is 2.32. The second kappa shape index (κ2) is 7.85. The Balaban J connectivity index is 1.59. The molecule has 0 saturated heterocycles. The summed E-state index contributed by atoms with van der Waals surface area (Å²) in [6, 6.07) is 10.1. The molecule has 0 fully saturated rings. The van der Waals surface area contributed by atoms with Gasteiger partial charge < -0.3 is 20.7 Å². The van der Waals surface area contributed by atoms with Gasteiger partial charge in [-0.15, -0.1) is 0 Å². The van der Waals surface area contributed by atoms with Gasteiger partial charge in [-0.1, -0.05) is 6.07 Å². The van der Waals surface area contributed by atoms with Gasteiger partial charge in [-0.3, -0.25) is 4.79 Å². The smallest absolute Gasteiger partial charge is 0.262 e. The lowest BCUT2D eigenvalue weighted by Crippen LogP contribution is -2.25. The summed E-state index contributed by atoms with van der Waals surface area (Å²) >= 11 is 0. The fraction of sp³-hybridized carbons (Fsp3) is 0.150. The van der Waals surface area contributed by atoms with E-state index in [1.165, 1.54) is 6.07 Å². The third-order valence-electron chi connectivity index (χ3n) is 4.60. The molecule has 2 heterocycles. The molecule has 1 aliphatic heterocycles. The van der Waals surface area contributed by atoms with Crippen molar-refractivity contribution in [1.29, 1.82) is 0 Å². The number of benzene rings is 2. The molecule has 160 valence electrons. The molecule has 4 rings (SSSR count). The number of primary sulfonamides is 1. The van der Waals surface area contributed by atoms with Crippen LogP contribution in [0.3, 0.4) is 0 Å². The summed E-state index contributed by atoms with van der Waals surface area (Å²) in [6.07, 6.45) is 1.63. The minimum Gasteiger partial charge on any atom is -0.482 e. The number of fused-ring (bicyclic) bond motifs is 1. The molecule has 1 amide bonds. The van der Waals surface area contributed by atoms with Crippen LogP contribution in [0.4, 0.5) is 28.8 Å². The topological polar surface area (TPSA) is 148 Å². The van der Waals surface area contributed by atoms with Crippen LogP contribution in [0.5, 0.6) is 5.75 Å². The average Bonchev–Trinajstić information content (AvgIpc) is 2.71. The monoisotopic (exact) mass is 440 g/mol. The van der Waals surface area contributed by atoms with E-state index in [4.69, 9.17) is 9.88 Å². The first-order chi connectivity index (χ1) is 14.7. The minimum atomic E-state index is -3.85. The van der Waals surface area contributed by atoms with Gasteiger partial charge in [0.1, 0.15) is 11.6 Å². The molecule has 0 saturated carbocycles. The van der Waals surface area contributed by atoms with Crippen molar-refractivity contribution in [2.45, 2.75) is 18.7 Å². The quantitative estimate of drug-likeness (QED) is 0.473. The first kappa shape index (κ1) is 20.6. The molecule has 11 heteroatoms. The Kier molecular flexibility index (Phi) is 5.21. The third-order valence-corrected chi connectivity index (χ3v) is 5.65. The summed E-state index contributed by atoms with van der Waals surface area (Å²) < 4.78 is 28.9. The number of amides is 1. The lowest BCUT2D eigenvalue weighted by molar-refractivity contribution is -0.118. The Morgan fingerprint density at radius 2 is 1.81 bits per heavy atom. The Morgan fingerprint density at radius 1 is 1.06 bits per heavy atom. The molecule has 0 spiro atoms. The van der Waals surface area contributed by atoms with Crippen LogP contribution < -0.4 is 25.8 Å². The Bertz CT molecular complexity index is 1290. The summed E-state index contributed by atoms with van der Waals surface area (Å²) in [5.41, 5.74) is 3.09. The van der Waals surface area contributed by atoms with Crippen LogP contribution >= 0.6 is 0 Å². The minimum absolute atomic E-state index is 0.00793. The van der Waals surface area contributed by atoms with Gasteiger partial charge in [0.25, 0.3) is 5.91 Å². The van der Waals surface area contributed by atoms with E-state index in [0.29, 0.717) is 34.2 Å². The van der Waals surface area contributed by atoms with Crippen molar-refractivity contribution in [2.24, 2.45) is 5.14 Å². The number of rotatable bonds is 5. The fourth-order valence-electron chi connectivity index (χ4n) is 3.04. The van der Waals surface area contributed by atoms with Gasteiger partial charge in [0.2, 0.25) is 16.0 Å². The van der Waals surface area contributed by atoms with Crippen molar-refractivity contribution in [3.8, 4) is 5.75 Å². The summed E-state index contributed by atoms with van der Waals surface area (Å²) in [4.78, 5) is 20.3. The summed E-state index contributed by atoms with van der Waals surface area (Å²) in [5.74, 6) is 1.19. The summed E-state index contributed by atoms with van der Waals surface area (Å²) in [5, 5.41) is 14.2. The van der Waals surface area contributed by atoms with Gasteiger partial charge in [-0.2, -0.15) is 4.98 Å². The number of carbonyl (C=O) groups excluding carboxylic acids is 1. The van der Waals surface area contributed by atoms with Crippen molar-refractivity contribution in [1.82, 2.24) is 9.97 Å². The molecule has 0 aliphatic carbocycles. The number of ether oxygens (including phenoxy) is 1. The zero-order chi connectivity index (χ0) is 22.2. The maximum Gasteiger partial charge on any atom is 0.262 e. The highest BCUT2D eigenvalue weighted by molar-refractivity contribution is 7.89.